The maximum atomic E-state index is 12.5. The topological polar surface area (TPSA) is 50.7 Å². The molecule has 0 aliphatic carbocycles. The number of rotatable bonds is 5. The summed E-state index contributed by atoms with van der Waals surface area (Å²) >= 11 is 18.2. The summed E-state index contributed by atoms with van der Waals surface area (Å²) in [5.74, 6) is 0. The molecule has 0 spiro atoms. The average molecular weight is 483 g/mol. The summed E-state index contributed by atoms with van der Waals surface area (Å²) in [4.78, 5) is 20.2. The molecule has 0 atom stereocenters. The lowest BCUT2D eigenvalue weighted by molar-refractivity contribution is 0.107. The van der Waals surface area contributed by atoms with Gasteiger partial charge in [-0.25, -0.2) is 4.98 Å². The van der Waals surface area contributed by atoms with Crippen LogP contribution in [0.5, 0.6) is 0 Å². The highest BCUT2D eigenvalue weighted by molar-refractivity contribution is 6.68. The van der Waals surface area contributed by atoms with Crippen molar-refractivity contribution in [1.29, 1.82) is 0 Å². The molecule has 2 aromatic heterocycles. The van der Waals surface area contributed by atoms with Crippen molar-refractivity contribution in [2.24, 2.45) is 0 Å². The first-order valence-electron chi connectivity index (χ1n) is 10.7. The standard InChI is InChI=1S/C25H16Cl3N3O/c26-17-8-6-15(7-9-17)13-31-14-29-22(16-4-2-1-3-5-16)24(31)21-19-11-10-18(27)12-20(19)30-23(21)25(28)32/h1-12,14,30H,13H2/i6D,8D. The van der Waals surface area contributed by atoms with Gasteiger partial charge in [-0.05, 0) is 41.4 Å². The van der Waals surface area contributed by atoms with Crippen molar-refractivity contribution < 1.29 is 7.54 Å². The number of hydrogen-bond acceptors (Lipinski definition) is 2. The first kappa shape index (κ1) is 18.5. The number of hydrogen-bond donors (Lipinski definition) is 1. The van der Waals surface area contributed by atoms with Crippen molar-refractivity contribution in [3.63, 3.8) is 0 Å². The Labute approximate surface area is 202 Å². The summed E-state index contributed by atoms with van der Waals surface area (Å²) in [5, 5.41) is 0.854. The SMILES string of the molecule is [2H]c1c(Cl)ccc(Cn2cnc(-c3ccccc3)c2-c2c(C(=O)Cl)[nH]c3cc(Cl)ccc23)c1[2H]. The zero-order chi connectivity index (χ0) is 24.0. The van der Waals surface area contributed by atoms with Crippen LogP contribution in [0.3, 0.4) is 0 Å². The quantitative estimate of drug-likeness (QED) is 0.265. The minimum atomic E-state index is -0.643. The second-order valence-corrected chi connectivity index (χ2v) is 8.42. The van der Waals surface area contributed by atoms with Gasteiger partial charge in [-0.3, -0.25) is 4.79 Å². The van der Waals surface area contributed by atoms with Crippen molar-refractivity contribution in [1.82, 2.24) is 14.5 Å². The minimum Gasteiger partial charge on any atom is -0.350 e. The summed E-state index contributed by atoms with van der Waals surface area (Å²) in [6.07, 6.45) is 1.66. The van der Waals surface area contributed by atoms with Gasteiger partial charge in [-0.15, -0.1) is 0 Å². The van der Waals surface area contributed by atoms with Crippen molar-refractivity contribution in [3.8, 4) is 22.5 Å². The van der Waals surface area contributed by atoms with Gasteiger partial charge in [0.1, 0.15) is 5.69 Å². The minimum absolute atomic E-state index is 0.0350. The Kier molecular flexibility index (Phi) is 4.90. The van der Waals surface area contributed by atoms with Gasteiger partial charge in [-0.2, -0.15) is 0 Å². The maximum absolute atomic E-state index is 12.5. The van der Waals surface area contributed by atoms with Gasteiger partial charge in [0.2, 0.25) is 0 Å². The van der Waals surface area contributed by atoms with E-state index in [9.17, 15) is 4.79 Å². The number of H-pyrrole nitrogens is 1. The van der Waals surface area contributed by atoms with E-state index in [1.807, 2.05) is 41.0 Å². The number of aromatic nitrogens is 3. The van der Waals surface area contributed by atoms with Gasteiger partial charge in [0.15, 0.2) is 0 Å². The first-order valence-corrected chi connectivity index (χ1v) is 10.8. The molecule has 7 heteroatoms. The number of aromatic amines is 1. The molecule has 5 rings (SSSR count). The molecule has 0 aliphatic rings. The number of carbonyl (C=O) groups excluding carboxylic acids is 1. The molecule has 1 N–H and O–H groups in total. The molecule has 0 saturated heterocycles. The molecule has 2 heterocycles. The van der Waals surface area contributed by atoms with E-state index >= 15 is 0 Å². The van der Waals surface area contributed by atoms with E-state index in [0.29, 0.717) is 33.1 Å². The van der Waals surface area contributed by atoms with Crippen molar-refractivity contribution in [3.05, 3.63) is 100 Å². The van der Waals surface area contributed by atoms with E-state index in [2.05, 4.69) is 9.97 Å². The lowest BCUT2D eigenvalue weighted by Crippen LogP contribution is -2.03. The fraction of sp³-hybridized carbons (Fsp3) is 0.0400. The lowest BCUT2D eigenvalue weighted by Gasteiger charge is -2.12. The van der Waals surface area contributed by atoms with Crippen LogP contribution >= 0.6 is 34.8 Å². The average Bonchev–Trinajstić information content (AvgIpc) is 3.40. The van der Waals surface area contributed by atoms with Crippen LogP contribution in [0.2, 0.25) is 10.0 Å². The van der Waals surface area contributed by atoms with E-state index in [1.165, 1.54) is 0 Å². The van der Waals surface area contributed by atoms with Crippen molar-refractivity contribution >= 4 is 50.9 Å². The van der Waals surface area contributed by atoms with Crippen molar-refractivity contribution in [2.75, 3.05) is 0 Å². The second kappa shape index (κ2) is 8.47. The van der Waals surface area contributed by atoms with E-state index in [1.54, 1.807) is 30.6 Å². The molecule has 32 heavy (non-hydrogen) atoms. The molecule has 0 aliphatic heterocycles. The Hall–Kier alpha value is -3.05. The van der Waals surface area contributed by atoms with Crippen LogP contribution in [0, 0.1) is 0 Å². The molecule has 0 amide bonds. The van der Waals surface area contributed by atoms with E-state index in [4.69, 9.17) is 37.5 Å². The van der Waals surface area contributed by atoms with Gasteiger partial charge in [0, 0.05) is 38.6 Å². The summed E-state index contributed by atoms with van der Waals surface area (Å²) in [6, 6.07) is 18.2. The Balaban J connectivity index is 1.80. The van der Waals surface area contributed by atoms with Gasteiger partial charge in [0.25, 0.3) is 5.24 Å². The highest BCUT2D eigenvalue weighted by atomic mass is 35.5. The molecular weight excluding hydrogens is 465 g/mol. The molecule has 0 unspecified atom stereocenters. The van der Waals surface area contributed by atoms with Gasteiger partial charge in [-0.1, -0.05) is 71.7 Å². The maximum Gasteiger partial charge on any atom is 0.269 e. The summed E-state index contributed by atoms with van der Waals surface area (Å²) in [5.41, 5.74) is 4.24. The number of imidazole rings is 1. The molecule has 0 fully saturated rings. The molecule has 5 aromatic rings. The monoisotopic (exact) mass is 481 g/mol. The van der Waals surface area contributed by atoms with E-state index in [-0.39, 0.29) is 29.3 Å². The molecule has 3 aromatic carbocycles. The fourth-order valence-corrected chi connectivity index (χ4v) is 4.23. The van der Waals surface area contributed by atoms with Crippen LogP contribution in [0.4, 0.5) is 0 Å². The first-order chi connectivity index (χ1) is 16.3. The molecule has 158 valence electrons. The van der Waals surface area contributed by atoms with Crippen LogP contribution < -0.4 is 0 Å². The van der Waals surface area contributed by atoms with Crippen molar-refractivity contribution in [2.45, 2.75) is 6.54 Å². The van der Waals surface area contributed by atoms with Crippen LogP contribution in [0.25, 0.3) is 33.4 Å². The Bertz CT molecular complexity index is 1560. The zero-order valence-electron chi connectivity index (χ0n) is 18.5. The van der Waals surface area contributed by atoms with E-state index < -0.39 is 5.24 Å². The Morgan fingerprint density at radius 1 is 1.03 bits per heavy atom. The summed E-state index contributed by atoms with van der Waals surface area (Å²) < 4.78 is 18.3. The van der Waals surface area contributed by atoms with E-state index in [0.717, 1.165) is 10.9 Å². The third-order valence-corrected chi connectivity index (χ3v) is 5.84. The van der Waals surface area contributed by atoms with Crippen LogP contribution in [0.15, 0.2) is 79.1 Å². The lowest BCUT2D eigenvalue weighted by atomic mass is 10.0. The van der Waals surface area contributed by atoms with Gasteiger partial charge < -0.3 is 9.55 Å². The number of carbonyl (C=O) groups is 1. The number of nitrogens with one attached hydrogen (secondary N) is 1. The predicted octanol–water partition coefficient (Wildman–Crippen LogP) is 7.43. The largest absolute Gasteiger partial charge is 0.350 e. The Morgan fingerprint density at radius 2 is 1.81 bits per heavy atom. The van der Waals surface area contributed by atoms with Crippen LogP contribution in [0.1, 0.15) is 18.8 Å². The zero-order valence-corrected chi connectivity index (χ0v) is 18.8. The van der Waals surface area contributed by atoms with Gasteiger partial charge >= 0.3 is 0 Å². The summed E-state index contributed by atoms with van der Waals surface area (Å²) in [7, 11) is 0. The smallest absolute Gasteiger partial charge is 0.269 e. The highest BCUT2D eigenvalue weighted by Crippen LogP contribution is 2.39. The van der Waals surface area contributed by atoms with Gasteiger partial charge in [0.05, 0.1) is 20.5 Å². The second-order valence-electron chi connectivity index (χ2n) is 7.23. The predicted molar refractivity (Wildman–Crippen MR) is 131 cm³/mol. The number of halogens is 3. The summed E-state index contributed by atoms with van der Waals surface area (Å²) in [6.45, 7) is 0.243. The third kappa shape index (κ3) is 3.82. The molecule has 4 nitrogen and oxygen atoms in total. The molecule has 0 radical (unpaired) electrons. The van der Waals surface area contributed by atoms with Crippen LogP contribution in [-0.4, -0.2) is 19.8 Å². The number of fused-ring (bicyclic) bond motifs is 1. The molecular formula is C25H16Cl3N3O. The fourth-order valence-electron chi connectivity index (χ4n) is 3.81. The Morgan fingerprint density at radius 3 is 2.59 bits per heavy atom. The number of nitrogens with zero attached hydrogens (tertiary/aromatic N) is 2. The molecule has 0 saturated carbocycles. The third-order valence-electron chi connectivity index (χ3n) is 5.19. The van der Waals surface area contributed by atoms with Crippen LogP contribution in [-0.2, 0) is 6.54 Å². The highest BCUT2D eigenvalue weighted by Gasteiger charge is 2.25. The molecule has 0 bridgehead atoms. The number of benzene rings is 3. The normalized spacial score (nSPS) is 12.1.